The maximum absolute atomic E-state index is 12.4. The molecular formula is C14H13F3N4O2. The number of aromatic nitrogens is 3. The van der Waals surface area contributed by atoms with Gasteiger partial charge in [0.2, 0.25) is 0 Å². The molecule has 1 aliphatic rings. The molecule has 122 valence electrons. The largest absolute Gasteiger partial charge is 0.573 e. The van der Waals surface area contributed by atoms with Crippen LogP contribution in [0.15, 0.2) is 36.7 Å². The van der Waals surface area contributed by atoms with Gasteiger partial charge in [-0.1, -0.05) is 11.3 Å². The van der Waals surface area contributed by atoms with E-state index in [0.29, 0.717) is 19.5 Å². The van der Waals surface area contributed by atoms with E-state index < -0.39 is 12.1 Å². The smallest absolute Gasteiger partial charge is 0.406 e. The number of benzene rings is 1. The highest BCUT2D eigenvalue weighted by Crippen LogP contribution is 2.26. The number of rotatable bonds is 3. The van der Waals surface area contributed by atoms with Crippen LogP contribution in [0.3, 0.4) is 0 Å². The molecule has 0 spiro atoms. The summed E-state index contributed by atoms with van der Waals surface area (Å²) in [4.78, 5) is 14.0. The maximum atomic E-state index is 12.4. The maximum Gasteiger partial charge on any atom is 0.573 e. The van der Waals surface area contributed by atoms with Crippen LogP contribution in [0.2, 0.25) is 0 Å². The van der Waals surface area contributed by atoms with E-state index in [1.54, 1.807) is 22.0 Å². The van der Waals surface area contributed by atoms with E-state index in [1.807, 2.05) is 0 Å². The Morgan fingerprint density at radius 2 is 2.17 bits per heavy atom. The van der Waals surface area contributed by atoms with Gasteiger partial charge in [-0.25, -0.2) is 4.68 Å². The van der Waals surface area contributed by atoms with Crippen LogP contribution in [-0.2, 0) is 0 Å². The van der Waals surface area contributed by atoms with E-state index in [0.717, 1.165) is 12.1 Å². The highest BCUT2D eigenvalue weighted by atomic mass is 19.4. The van der Waals surface area contributed by atoms with Gasteiger partial charge >= 0.3 is 6.36 Å². The number of hydrogen-bond acceptors (Lipinski definition) is 4. The Bertz CT molecular complexity index is 688. The van der Waals surface area contributed by atoms with Crippen LogP contribution in [0.5, 0.6) is 5.75 Å². The molecule has 1 aliphatic heterocycles. The van der Waals surface area contributed by atoms with Gasteiger partial charge in [0.05, 0.1) is 12.2 Å². The predicted molar refractivity (Wildman–Crippen MR) is 72.7 cm³/mol. The molecule has 1 fully saturated rings. The van der Waals surface area contributed by atoms with Gasteiger partial charge in [-0.05, 0) is 24.6 Å². The molecule has 9 heteroatoms. The third-order valence-corrected chi connectivity index (χ3v) is 3.58. The van der Waals surface area contributed by atoms with E-state index in [4.69, 9.17) is 0 Å². The molecule has 0 bridgehead atoms. The quantitative estimate of drug-likeness (QED) is 0.868. The summed E-state index contributed by atoms with van der Waals surface area (Å²) in [6, 6.07) is 5.11. The van der Waals surface area contributed by atoms with Gasteiger partial charge in [0, 0.05) is 24.8 Å². The molecule has 0 N–H and O–H groups in total. The first-order chi connectivity index (χ1) is 10.9. The van der Waals surface area contributed by atoms with E-state index in [2.05, 4.69) is 15.0 Å². The molecule has 1 atom stereocenters. The average molecular weight is 326 g/mol. The second-order valence-corrected chi connectivity index (χ2v) is 5.15. The van der Waals surface area contributed by atoms with Gasteiger partial charge in [0.25, 0.3) is 5.91 Å². The second-order valence-electron chi connectivity index (χ2n) is 5.15. The van der Waals surface area contributed by atoms with Crippen molar-refractivity contribution in [2.75, 3.05) is 13.1 Å². The summed E-state index contributed by atoms with van der Waals surface area (Å²) in [6.07, 6.45) is -0.791. The van der Waals surface area contributed by atoms with Gasteiger partial charge in [-0.2, -0.15) is 0 Å². The Kier molecular flexibility index (Phi) is 3.93. The molecule has 3 rings (SSSR count). The Morgan fingerprint density at radius 3 is 2.87 bits per heavy atom. The predicted octanol–water partition coefficient (Wildman–Crippen LogP) is 2.26. The summed E-state index contributed by atoms with van der Waals surface area (Å²) in [6.45, 7) is 0.945. The molecule has 6 nitrogen and oxygen atoms in total. The van der Waals surface area contributed by atoms with Crippen LogP contribution in [0.1, 0.15) is 22.8 Å². The molecular weight excluding hydrogens is 313 g/mol. The number of carbonyl (C=O) groups excluding carboxylic acids is 1. The number of ether oxygens (including phenoxy) is 1. The summed E-state index contributed by atoms with van der Waals surface area (Å²) in [5.41, 5.74) is 0.158. The molecule has 0 unspecified atom stereocenters. The molecule has 23 heavy (non-hydrogen) atoms. The van der Waals surface area contributed by atoms with Crippen LogP contribution >= 0.6 is 0 Å². The summed E-state index contributed by atoms with van der Waals surface area (Å²) in [7, 11) is 0. The fraction of sp³-hybridized carbons (Fsp3) is 0.357. The summed E-state index contributed by atoms with van der Waals surface area (Å²) < 4.78 is 42.3. The third-order valence-electron chi connectivity index (χ3n) is 3.58. The lowest BCUT2D eigenvalue weighted by atomic mass is 10.2. The number of hydrogen-bond donors (Lipinski definition) is 0. The number of nitrogens with zero attached hydrogens (tertiary/aromatic N) is 4. The molecule has 1 amide bonds. The fourth-order valence-corrected chi connectivity index (χ4v) is 2.56. The number of carbonyl (C=O) groups is 1. The lowest BCUT2D eigenvalue weighted by Gasteiger charge is -2.17. The van der Waals surface area contributed by atoms with Crippen molar-refractivity contribution in [3.63, 3.8) is 0 Å². The van der Waals surface area contributed by atoms with E-state index in [-0.39, 0.29) is 17.5 Å². The Balaban J connectivity index is 1.70. The summed E-state index contributed by atoms with van der Waals surface area (Å²) >= 11 is 0. The lowest BCUT2D eigenvalue weighted by molar-refractivity contribution is -0.274. The topological polar surface area (TPSA) is 60.2 Å². The molecule has 0 radical (unpaired) electrons. The summed E-state index contributed by atoms with van der Waals surface area (Å²) in [5.74, 6) is -0.740. The SMILES string of the molecule is O=C(c1cccc(OC(F)(F)F)c1)N1CC[C@@H](n2ccnn2)C1. The highest BCUT2D eigenvalue weighted by Gasteiger charge is 2.32. The molecule has 0 aliphatic carbocycles. The van der Waals surface area contributed by atoms with Crippen molar-refractivity contribution in [1.82, 2.24) is 19.9 Å². The first-order valence-electron chi connectivity index (χ1n) is 6.93. The van der Waals surface area contributed by atoms with Crippen LogP contribution in [0.25, 0.3) is 0 Å². The third kappa shape index (κ3) is 3.61. The van der Waals surface area contributed by atoms with Gasteiger partial charge in [0.1, 0.15) is 5.75 Å². The van der Waals surface area contributed by atoms with Crippen molar-refractivity contribution in [3.8, 4) is 5.75 Å². The molecule has 0 saturated carbocycles. The number of halogens is 3. The zero-order valence-corrected chi connectivity index (χ0v) is 11.9. The lowest BCUT2D eigenvalue weighted by Crippen LogP contribution is -2.29. The zero-order valence-electron chi connectivity index (χ0n) is 11.9. The number of amides is 1. The van der Waals surface area contributed by atoms with E-state index in [9.17, 15) is 18.0 Å². The molecule has 2 heterocycles. The fourth-order valence-electron chi connectivity index (χ4n) is 2.56. The Labute approximate surface area is 129 Å². The Morgan fingerprint density at radius 1 is 1.35 bits per heavy atom. The standard InChI is InChI=1S/C14H13F3N4O2/c15-14(16,17)23-12-3-1-2-10(8-12)13(22)20-6-4-11(9-20)21-7-5-18-19-21/h1-3,5,7-8,11H,4,6,9H2/t11-/m1/s1. The number of alkyl halides is 3. The first kappa shape index (κ1) is 15.3. The van der Waals surface area contributed by atoms with Gasteiger partial charge in [-0.15, -0.1) is 18.3 Å². The zero-order chi connectivity index (χ0) is 16.4. The van der Waals surface area contributed by atoms with Crippen LogP contribution in [0, 0.1) is 0 Å². The normalized spacial score (nSPS) is 18.2. The van der Waals surface area contributed by atoms with Gasteiger partial charge < -0.3 is 9.64 Å². The number of likely N-dealkylation sites (tertiary alicyclic amines) is 1. The minimum Gasteiger partial charge on any atom is -0.406 e. The van der Waals surface area contributed by atoms with Gasteiger partial charge in [-0.3, -0.25) is 4.79 Å². The first-order valence-corrected chi connectivity index (χ1v) is 6.93. The molecule has 2 aromatic rings. The average Bonchev–Trinajstić information content (AvgIpc) is 3.16. The van der Waals surface area contributed by atoms with Crippen LogP contribution < -0.4 is 4.74 Å². The minimum atomic E-state index is -4.78. The van der Waals surface area contributed by atoms with Crippen molar-refractivity contribution >= 4 is 5.91 Å². The monoisotopic (exact) mass is 326 g/mol. The van der Waals surface area contributed by atoms with E-state index >= 15 is 0 Å². The van der Waals surface area contributed by atoms with E-state index in [1.165, 1.54) is 12.1 Å². The highest BCUT2D eigenvalue weighted by molar-refractivity contribution is 5.94. The Hall–Kier alpha value is -2.58. The molecule has 1 aromatic heterocycles. The molecule has 1 saturated heterocycles. The van der Waals surface area contributed by atoms with Crippen molar-refractivity contribution in [3.05, 3.63) is 42.2 Å². The second kappa shape index (κ2) is 5.90. The van der Waals surface area contributed by atoms with Crippen molar-refractivity contribution < 1.29 is 22.7 Å². The van der Waals surface area contributed by atoms with Crippen LogP contribution in [-0.4, -0.2) is 45.3 Å². The van der Waals surface area contributed by atoms with Gasteiger partial charge in [0.15, 0.2) is 0 Å². The van der Waals surface area contributed by atoms with Crippen LogP contribution in [0.4, 0.5) is 13.2 Å². The minimum absolute atomic E-state index is 0.0241. The van der Waals surface area contributed by atoms with Crippen molar-refractivity contribution in [2.45, 2.75) is 18.8 Å². The molecule has 1 aromatic carbocycles. The summed E-state index contributed by atoms with van der Waals surface area (Å²) in [5, 5.41) is 7.63. The van der Waals surface area contributed by atoms with Crippen molar-refractivity contribution in [1.29, 1.82) is 0 Å². The van der Waals surface area contributed by atoms with Crippen molar-refractivity contribution in [2.24, 2.45) is 0 Å².